The van der Waals surface area contributed by atoms with Gasteiger partial charge in [0.1, 0.15) is 11.5 Å². The molecular formula is C18H18ClN3O5. The van der Waals surface area contributed by atoms with Gasteiger partial charge in [0.05, 0.1) is 32.0 Å². The first-order chi connectivity index (χ1) is 13.1. The lowest BCUT2D eigenvalue weighted by Gasteiger charge is -2.09. The Bertz CT molecular complexity index is 872. The molecule has 1 aliphatic rings. The van der Waals surface area contributed by atoms with Crippen LogP contribution >= 0.6 is 11.6 Å². The molecule has 3 rings (SSSR count). The summed E-state index contributed by atoms with van der Waals surface area (Å²) in [6.45, 7) is 0.240. The molecule has 1 amide bonds. The van der Waals surface area contributed by atoms with Crippen molar-refractivity contribution in [3.63, 3.8) is 0 Å². The van der Waals surface area contributed by atoms with Gasteiger partial charge in [-0.15, -0.1) is 0 Å². The van der Waals surface area contributed by atoms with Crippen molar-refractivity contribution >= 4 is 29.4 Å². The summed E-state index contributed by atoms with van der Waals surface area (Å²) in [6, 6.07) is 8.63. The third-order valence-electron chi connectivity index (χ3n) is 3.72. The largest absolute Gasteiger partial charge is 0.496 e. The van der Waals surface area contributed by atoms with Crippen molar-refractivity contribution in [3.8, 4) is 23.0 Å². The van der Waals surface area contributed by atoms with Crippen LogP contribution in [0.3, 0.4) is 0 Å². The predicted molar refractivity (Wildman–Crippen MR) is 101 cm³/mol. The number of halogens is 1. The molecule has 142 valence electrons. The van der Waals surface area contributed by atoms with E-state index in [0.717, 1.165) is 5.69 Å². The van der Waals surface area contributed by atoms with Gasteiger partial charge >= 0.3 is 0 Å². The van der Waals surface area contributed by atoms with E-state index in [1.807, 2.05) is 0 Å². The molecule has 1 aliphatic heterocycles. The van der Waals surface area contributed by atoms with Crippen LogP contribution in [-0.4, -0.2) is 39.7 Å². The number of carbonyl (C=O) groups is 1. The van der Waals surface area contributed by atoms with Crippen LogP contribution in [0.1, 0.15) is 5.56 Å². The quantitative estimate of drug-likeness (QED) is 0.557. The standard InChI is InChI=1S/C18H18ClN3O5/c1-24-15-7-16(25-2)13(19)5-11(15)8-21-22-18(23)9-20-12-3-4-14-17(6-12)27-10-26-14/h3-8,20H,9-10H2,1-2H3,(H,22,23)/b21-8-. The van der Waals surface area contributed by atoms with E-state index in [4.69, 9.17) is 30.5 Å². The lowest BCUT2D eigenvalue weighted by molar-refractivity contribution is -0.119. The molecule has 2 N–H and O–H groups in total. The van der Waals surface area contributed by atoms with Crippen LogP contribution in [0.2, 0.25) is 5.02 Å². The molecule has 0 radical (unpaired) electrons. The summed E-state index contributed by atoms with van der Waals surface area (Å²) in [5, 5.41) is 7.33. The Kier molecular flexibility index (Phi) is 5.87. The van der Waals surface area contributed by atoms with Gasteiger partial charge in [-0.05, 0) is 18.2 Å². The minimum Gasteiger partial charge on any atom is -0.496 e. The average Bonchev–Trinajstić information content (AvgIpc) is 3.14. The van der Waals surface area contributed by atoms with Crippen molar-refractivity contribution in [2.75, 3.05) is 32.9 Å². The second kappa shape index (κ2) is 8.50. The van der Waals surface area contributed by atoms with Crippen molar-refractivity contribution in [1.29, 1.82) is 0 Å². The Labute approximate surface area is 161 Å². The summed E-state index contributed by atoms with van der Waals surface area (Å²) in [6.07, 6.45) is 1.45. The number of methoxy groups -OCH3 is 2. The summed E-state index contributed by atoms with van der Waals surface area (Å²) in [5.41, 5.74) is 3.78. The van der Waals surface area contributed by atoms with Crippen molar-refractivity contribution in [2.45, 2.75) is 0 Å². The van der Waals surface area contributed by atoms with Gasteiger partial charge in [0.2, 0.25) is 6.79 Å². The van der Waals surface area contributed by atoms with E-state index >= 15 is 0 Å². The molecule has 9 heteroatoms. The maximum Gasteiger partial charge on any atom is 0.259 e. The van der Waals surface area contributed by atoms with Crippen LogP contribution in [0.4, 0.5) is 5.69 Å². The normalized spacial score (nSPS) is 12.1. The van der Waals surface area contributed by atoms with Crippen LogP contribution in [0.15, 0.2) is 35.4 Å². The maximum atomic E-state index is 11.9. The fourth-order valence-electron chi connectivity index (χ4n) is 2.39. The van der Waals surface area contributed by atoms with Gasteiger partial charge < -0.3 is 24.3 Å². The Morgan fingerprint density at radius 3 is 2.74 bits per heavy atom. The van der Waals surface area contributed by atoms with E-state index in [-0.39, 0.29) is 19.2 Å². The molecule has 0 atom stereocenters. The number of hydrogen-bond donors (Lipinski definition) is 2. The lowest BCUT2D eigenvalue weighted by atomic mass is 10.2. The molecule has 0 aliphatic carbocycles. The Morgan fingerprint density at radius 2 is 1.96 bits per heavy atom. The zero-order valence-electron chi connectivity index (χ0n) is 14.7. The zero-order valence-corrected chi connectivity index (χ0v) is 15.5. The molecule has 27 heavy (non-hydrogen) atoms. The van der Waals surface area contributed by atoms with Crippen molar-refractivity contribution < 1.29 is 23.7 Å². The highest BCUT2D eigenvalue weighted by molar-refractivity contribution is 6.32. The first-order valence-corrected chi connectivity index (χ1v) is 8.35. The van der Waals surface area contributed by atoms with E-state index < -0.39 is 0 Å². The van der Waals surface area contributed by atoms with Gasteiger partial charge in [0.25, 0.3) is 5.91 Å². The Morgan fingerprint density at radius 1 is 1.19 bits per heavy atom. The molecule has 8 nitrogen and oxygen atoms in total. The van der Waals surface area contributed by atoms with E-state index in [0.29, 0.717) is 33.6 Å². The van der Waals surface area contributed by atoms with Crippen LogP contribution in [0.5, 0.6) is 23.0 Å². The number of nitrogens with zero attached hydrogens (tertiary/aromatic N) is 1. The third kappa shape index (κ3) is 4.53. The van der Waals surface area contributed by atoms with Gasteiger partial charge in [-0.25, -0.2) is 5.43 Å². The van der Waals surface area contributed by atoms with Crippen molar-refractivity contribution in [1.82, 2.24) is 5.43 Å². The number of carbonyl (C=O) groups excluding carboxylic acids is 1. The second-order valence-corrected chi connectivity index (χ2v) is 5.85. The van der Waals surface area contributed by atoms with E-state index in [9.17, 15) is 4.79 Å². The van der Waals surface area contributed by atoms with Gasteiger partial charge in [-0.1, -0.05) is 11.6 Å². The zero-order chi connectivity index (χ0) is 19.2. The second-order valence-electron chi connectivity index (χ2n) is 5.44. The Balaban J connectivity index is 1.55. The summed E-state index contributed by atoms with van der Waals surface area (Å²) in [4.78, 5) is 11.9. The molecular weight excluding hydrogens is 374 g/mol. The maximum absolute atomic E-state index is 11.9. The van der Waals surface area contributed by atoms with Gasteiger partial charge in [-0.2, -0.15) is 5.10 Å². The lowest BCUT2D eigenvalue weighted by Crippen LogP contribution is -2.25. The molecule has 2 aromatic rings. The number of nitrogens with one attached hydrogen (secondary N) is 2. The molecule has 0 spiro atoms. The number of benzene rings is 2. The first-order valence-electron chi connectivity index (χ1n) is 7.97. The number of hydrazone groups is 1. The molecule has 2 aromatic carbocycles. The number of fused-ring (bicyclic) bond motifs is 1. The molecule has 0 fully saturated rings. The van der Waals surface area contributed by atoms with Crippen LogP contribution in [-0.2, 0) is 4.79 Å². The monoisotopic (exact) mass is 391 g/mol. The third-order valence-corrected chi connectivity index (χ3v) is 4.02. The number of rotatable bonds is 7. The number of anilines is 1. The predicted octanol–water partition coefficient (Wildman–Crippen LogP) is 2.65. The molecule has 0 bridgehead atoms. The highest BCUT2D eigenvalue weighted by Crippen LogP contribution is 2.34. The molecule has 0 unspecified atom stereocenters. The highest BCUT2D eigenvalue weighted by atomic mass is 35.5. The molecule has 0 saturated heterocycles. The first kappa shape index (κ1) is 18.7. The average molecular weight is 392 g/mol. The van der Waals surface area contributed by atoms with Gasteiger partial charge in [0, 0.05) is 23.4 Å². The van der Waals surface area contributed by atoms with E-state index in [1.54, 1.807) is 30.3 Å². The Hall–Kier alpha value is -3.13. The summed E-state index contributed by atoms with van der Waals surface area (Å²) >= 11 is 6.10. The number of ether oxygens (including phenoxy) is 4. The minimum atomic E-state index is -0.317. The minimum absolute atomic E-state index is 0.0392. The number of amides is 1. The fourth-order valence-corrected chi connectivity index (χ4v) is 2.64. The van der Waals surface area contributed by atoms with E-state index in [2.05, 4.69) is 15.8 Å². The van der Waals surface area contributed by atoms with Crippen molar-refractivity contribution in [3.05, 3.63) is 40.9 Å². The SMILES string of the molecule is COc1cc(OC)c(/C=N\NC(=O)CNc2ccc3c(c2)OCO3)cc1Cl. The number of hydrogen-bond acceptors (Lipinski definition) is 7. The summed E-state index contributed by atoms with van der Waals surface area (Å²) in [5.74, 6) is 2.02. The smallest absolute Gasteiger partial charge is 0.259 e. The van der Waals surface area contributed by atoms with Crippen LogP contribution in [0.25, 0.3) is 0 Å². The fraction of sp³-hybridized carbons (Fsp3) is 0.222. The molecule has 1 heterocycles. The van der Waals surface area contributed by atoms with E-state index in [1.165, 1.54) is 20.4 Å². The van der Waals surface area contributed by atoms with Crippen LogP contribution < -0.4 is 29.7 Å². The molecule has 0 saturated carbocycles. The van der Waals surface area contributed by atoms with Gasteiger partial charge in [-0.3, -0.25) is 4.79 Å². The highest BCUT2D eigenvalue weighted by Gasteiger charge is 2.13. The topological polar surface area (TPSA) is 90.4 Å². The van der Waals surface area contributed by atoms with Gasteiger partial charge in [0.15, 0.2) is 11.5 Å². The summed E-state index contributed by atoms with van der Waals surface area (Å²) in [7, 11) is 3.04. The van der Waals surface area contributed by atoms with Crippen LogP contribution in [0, 0.1) is 0 Å². The molecule has 0 aromatic heterocycles. The van der Waals surface area contributed by atoms with Crippen molar-refractivity contribution in [2.24, 2.45) is 5.10 Å². The summed E-state index contributed by atoms with van der Waals surface area (Å²) < 4.78 is 20.9.